The number of hydrogen-bond acceptors (Lipinski definition) is 4. The molecule has 12 rings (SSSR count). The van der Waals surface area contributed by atoms with Gasteiger partial charge in [0, 0.05) is 58.8 Å². The monoisotopic (exact) mass is 788 g/mol. The van der Waals surface area contributed by atoms with Crippen molar-refractivity contribution < 1.29 is 8.22 Å². The molecular weight excluding hydrogens is 749 g/mol. The lowest BCUT2D eigenvalue weighted by atomic mass is 9.97. The summed E-state index contributed by atoms with van der Waals surface area (Å²) < 4.78 is 58.2. The summed E-state index contributed by atoms with van der Waals surface area (Å²) in [6.07, 6.45) is 0. The number of thiophene rings is 1. The molecule has 0 aliphatic heterocycles. The second-order valence-electron chi connectivity index (χ2n) is 14.7. The Morgan fingerprint density at radius 3 is 1.73 bits per heavy atom. The minimum atomic E-state index is -0.173. The van der Waals surface area contributed by atoms with Gasteiger partial charge in [-0.2, -0.15) is 0 Å². The second-order valence-corrected chi connectivity index (χ2v) is 15.7. The van der Waals surface area contributed by atoms with Crippen LogP contribution in [0.25, 0.3) is 115 Å². The van der Waals surface area contributed by atoms with Gasteiger partial charge in [0.1, 0.15) is 0 Å². The largest absolute Gasteiger partial charge is 0.309 e. The van der Waals surface area contributed by atoms with Gasteiger partial charge < -0.3 is 4.57 Å². The fourth-order valence-electron chi connectivity index (χ4n) is 8.42. The molecule has 0 amide bonds. The van der Waals surface area contributed by atoms with Crippen LogP contribution in [0.2, 0.25) is 0 Å². The van der Waals surface area contributed by atoms with E-state index in [9.17, 15) is 2.74 Å². The van der Waals surface area contributed by atoms with Crippen molar-refractivity contribution in [3.63, 3.8) is 0 Å². The summed E-state index contributed by atoms with van der Waals surface area (Å²) in [5.41, 5.74) is 7.24. The molecule has 0 bridgehead atoms. The molecule has 5 heteroatoms. The minimum absolute atomic E-state index is 0.0373. The van der Waals surface area contributed by atoms with E-state index in [-0.39, 0.29) is 58.1 Å². The molecule has 12 aromatic rings. The zero-order valence-electron chi connectivity index (χ0n) is 37.9. The summed E-state index contributed by atoms with van der Waals surface area (Å²) in [5, 5.41) is 4.94. The van der Waals surface area contributed by atoms with Gasteiger partial charge in [-0.05, 0) is 46.1 Å². The van der Waals surface area contributed by atoms with Gasteiger partial charge in [0.05, 0.1) is 24.9 Å². The molecule has 0 saturated heterocycles. The van der Waals surface area contributed by atoms with Crippen molar-refractivity contribution in [3.8, 4) is 62.1 Å². The zero-order valence-corrected chi connectivity index (χ0v) is 32.7. The van der Waals surface area contributed by atoms with Crippen LogP contribution in [0.4, 0.5) is 0 Å². The Balaban J connectivity index is 1.13. The normalized spacial score (nSPS) is 13.1. The highest BCUT2D eigenvalue weighted by Gasteiger charge is 2.21. The van der Waals surface area contributed by atoms with Gasteiger partial charge in [0.25, 0.3) is 0 Å². The smallest absolute Gasteiger partial charge is 0.164 e. The van der Waals surface area contributed by atoms with E-state index in [4.69, 9.17) is 20.4 Å². The molecule has 280 valence electrons. The van der Waals surface area contributed by atoms with Crippen LogP contribution in [0.15, 0.2) is 206 Å². The predicted molar refractivity (Wildman–Crippen MR) is 252 cm³/mol. The van der Waals surface area contributed by atoms with Crippen LogP contribution in [0, 0.1) is 0 Å². The Morgan fingerprint density at radius 2 is 0.967 bits per heavy atom. The lowest BCUT2D eigenvalue weighted by molar-refractivity contribution is 1.07. The number of rotatable bonds is 6. The number of para-hydroxylation sites is 2. The molecule has 0 radical (unpaired) electrons. The molecule has 3 aromatic heterocycles. The lowest BCUT2D eigenvalue weighted by Crippen LogP contribution is -2.02. The van der Waals surface area contributed by atoms with Crippen molar-refractivity contribution in [2.75, 3.05) is 0 Å². The molecule has 0 N–H and O–H groups in total. The van der Waals surface area contributed by atoms with E-state index in [1.54, 1.807) is 15.9 Å². The third kappa shape index (κ3) is 5.63. The number of fused-ring (bicyclic) bond motifs is 7. The van der Waals surface area contributed by atoms with Crippen LogP contribution < -0.4 is 0 Å². The summed E-state index contributed by atoms with van der Waals surface area (Å²) >= 11 is 1.69. The fraction of sp³-hybridized carbons (Fsp3) is 0. The molecular formula is C55H34N4S. The zero-order chi connectivity index (χ0) is 44.8. The Kier molecular flexibility index (Phi) is 6.67. The summed E-state index contributed by atoms with van der Waals surface area (Å²) in [4.78, 5) is 15.3. The van der Waals surface area contributed by atoms with Crippen molar-refractivity contribution in [2.24, 2.45) is 0 Å². The van der Waals surface area contributed by atoms with E-state index < -0.39 is 0 Å². The highest BCUT2D eigenvalue weighted by molar-refractivity contribution is 7.26. The maximum atomic E-state index is 9.35. The van der Waals surface area contributed by atoms with Crippen LogP contribution in [-0.2, 0) is 0 Å². The van der Waals surface area contributed by atoms with E-state index in [1.807, 2.05) is 84.9 Å². The van der Waals surface area contributed by atoms with Gasteiger partial charge in [-0.3, -0.25) is 0 Å². The van der Waals surface area contributed by atoms with Crippen molar-refractivity contribution in [1.82, 2.24) is 19.5 Å². The second kappa shape index (κ2) is 14.0. The molecule has 0 fully saturated rings. The molecule has 60 heavy (non-hydrogen) atoms. The van der Waals surface area contributed by atoms with E-state index in [2.05, 4.69) is 72.8 Å². The van der Waals surface area contributed by atoms with Crippen molar-refractivity contribution in [2.45, 2.75) is 0 Å². The average molecular weight is 789 g/mol. The standard InChI is InChI=1S/C55H34N4S/c1-2-15-37(16-3-1)53-56-54(38-30-28-36(29-31-38)41-22-12-17-35-14-4-5-18-40(35)41)58-55(57-53)39-32-33-44(46-23-13-24-47-45-21-8-11-27-51(45)60-52(46)47)50(34-39)59-48-25-9-6-19-42(48)43-20-7-10-26-49(43)59/h1-34H/i6D,7D,19D,20D,25D,26D. The fourth-order valence-corrected chi connectivity index (χ4v) is 9.65. The first-order chi connectivity index (χ1) is 32.2. The quantitative estimate of drug-likeness (QED) is 0.169. The maximum absolute atomic E-state index is 9.35. The Hall–Kier alpha value is -7.73. The van der Waals surface area contributed by atoms with E-state index in [0.717, 1.165) is 53.6 Å². The molecule has 0 saturated carbocycles. The topological polar surface area (TPSA) is 43.6 Å². The number of hydrogen-bond donors (Lipinski definition) is 0. The van der Waals surface area contributed by atoms with Gasteiger partial charge >= 0.3 is 0 Å². The van der Waals surface area contributed by atoms with Crippen LogP contribution in [0.5, 0.6) is 0 Å². The molecule has 0 aliphatic carbocycles. The molecule has 0 spiro atoms. The Morgan fingerprint density at radius 1 is 0.400 bits per heavy atom. The molecule has 0 unspecified atom stereocenters. The first-order valence-corrected chi connectivity index (χ1v) is 20.5. The van der Waals surface area contributed by atoms with Crippen molar-refractivity contribution in [1.29, 1.82) is 0 Å². The van der Waals surface area contributed by atoms with Gasteiger partial charge in [0.2, 0.25) is 0 Å². The predicted octanol–water partition coefficient (Wildman–Crippen LogP) is 14.8. The summed E-state index contributed by atoms with van der Waals surface area (Å²) in [5.74, 6) is 1.36. The molecule has 4 nitrogen and oxygen atoms in total. The van der Waals surface area contributed by atoms with Crippen LogP contribution in [-0.4, -0.2) is 19.5 Å². The first kappa shape index (κ1) is 28.6. The summed E-state index contributed by atoms with van der Waals surface area (Å²) in [6.45, 7) is 0. The van der Waals surface area contributed by atoms with Crippen LogP contribution in [0.1, 0.15) is 8.22 Å². The number of aromatic nitrogens is 4. The van der Waals surface area contributed by atoms with Crippen LogP contribution >= 0.6 is 11.3 Å². The molecule has 3 heterocycles. The highest BCUT2D eigenvalue weighted by Crippen LogP contribution is 2.44. The van der Waals surface area contributed by atoms with Crippen molar-refractivity contribution >= 4 is 64.1 Å². The Bertz CT molecular complexity index is 3880. The van der Waals surface area contributed by atoms with E-state index in [1.165, 1.54) is 22.9 Å². The van der Waals surface area contributed by atoms with E-state index >= 15 is 0 Å². The van der Waals surface area contributed by atoms with Crippen molar-refractivity contribution in [3.05, 3.63) is 206 Å². The van der Waals surface area contributed by atoms with Gasteiger partial charge in [0.15, 0.2) is 17.5 Å². The van der Waals surface area contributed by atoms with Gasteiger partial charge in [-0.25, -0.2) is 15.0 Å². The summed E-state index contributed by atoms with van der Waals surface area (Å²) in [7, 11) is 0. The minimum Gasteiger partial charge on any atom is -0.309 e. The van der Waals surface area contributed by atoms with E-state index in [0.29, 0.717) is 28.7 Å². The average Bonchev–Trinajstić information content (AvgIpc) is 3.93. The third-order valence-electron chi connectivity index (χ3n) is 11.2. The Labute approximate surface area is 358 Å². The van der Waals surface area contributed by atoms with Crippen LogP contribution in [0.3, 0.4) is 0 Å². The first-order valence-electron chi connectivity index (χ1n) is 22.7. The number of benzene rings is 9. The molecule has 9 aromatic carbocycles. The molecule has 0 aliphatic rings. The summed E-state index contributed by atoms with van der Waals surface area (Å²) in [6, 6.07) is 55.1. The maximum Gasteiger partial charge on any atom is 0.164 e. The SMILES string of the molecule is [2H]c1cc([2H])c2c(c1[2H])c1c([2H])c([2H])cc([2H])c1n2-c1cc(-c2nc(-c3ccccc3)nc(-c3ccc(-c4cccc5ccccc45)cc3)n2)ccc1-c1cccc2c1sc1ccccc12. The van der Waals surface area contributed by atoms with Gasteiger partial charge in [-0.1, -0.05) is 182 Å². The lowest BCUT2D eigenvalue weighted by Gasteiger charge is -2.17. The number of nitrogens with zero attached hydrogens (tertiary/aromatic N) is 4. The third-order valence-corrected chi connectivity index (χ3v) is 12.4. The van der Waals surface area contributed by atoms with Gasteiger partial charge in [-0.15, -0.1) is 11.3 Å². The molecule has 0 atom stereocenters. The highest BCUT2D eigenvalue weighted by atomic mass is 32.1.